The molecule has 0 bridgehead atoms. The number of nitrogens with one attached hydrogen (secondary N) is 1. The van der Waals surface area contributed by atoms with Gasteiger partial charge >= 0.3 is 0 Å². The molecule has 1 unspecified atom stereocenters. The molecule has 3 aliphatic heterocycles. The second-order valence-electron chi connectivity index (χ2n) is 7.80. The van der Waals surface area contributed by atoms with Gasteiger partial charge in [0.15, 0.2) is 15.8 Å². The van der Waals surface area contributed by atoms with Crippen molar-refractivity contribution in [2.45, 2.75) is 43.9 Å². The highest BCUT2D eigenvalue weighted by atomic mass is 127. The van der Waals surface area contributed by atoms with Crippen LogP contribution in [0.2, 0.25) is 0 Å². The molecule has 1 N–H and O–H groups in total. The quantitative estimate of drug-likeness (QED) is 0.351. The first-order valence-electron chi connectivity index (χ1n) is 9.36. The van der Waals surface area contributed by atoms with Gasteiger partial charge in [-0.05, 0) is 39.0 Å². The molecule has 9 heteroatoms. The molecule has 1 spiro atoms. The summed E-state index contributed by atoms with van der Waals surface area (Å²) in [5.74, 6) is 2.85. The fourth-order valence-corrected chi connectivity index (χ4v) is 7.09. The molecular formula is C17H32IN3O3S2. The van der Waals surface area contributed by atoms with Crippen LogP contribution in [0.1, 0.15) is 33.1 Å². The molecule has 152 valence electrons. The second-order valence-corrected chi connectivity index (χ2v) is 11.6. The number of sulfone groups is 1. The van der Waals surface area contributed by atoms with Crippen molar-refractivity contribution >= 4 is 51.5 Å². The zero-order valence-electron chi connectivity index (χ0n) is 15.8. The third-order valence-electron chi connectivity index (χ3n) is 5.20. The molecule has 26 heavy (non-hydrogen) atoms. The zero-order valence-corrected chi connectivity index (χ0v) is 19.7. The number of thioether (sulfide) groups is 1. The molecule has 3 aliphatic rings. The van der Waals surface area contributed by atoms with Crippen molar-refractivity contribution in [3.8, 4) is 0 Å². The molecule has 0 radical (unpaired) electrons. The number of ether oxygens (including phenoxy) is 1. The number of halogens is 1. The van der Waals surface area contributed by atoms with Crippen LogP contribution in [0, 0.1) is 5.92 Å². The number of rotatable bonds is 3. The van der Waals surface area contributed by atoms with Gasteiger partial charge in [-0.3, -0.25) is 4.99 Å². The Balaban J connectivity index is 0.00000243. The molecule has 0 saturated carbocycles. The zero-order chi connectivity index (χ0) is 17.9. The Morgan fingerprint density at radius 2 is 2.12 bits per heavy atom. The summed E-state index contributed by atoms with van der Waals surface area (Å²) in [5, 5.41) is 3.50. The predicted octanol–water partition coefficient (Wildman–Crippen LogP) is 1.99. The van der Waals surface area contributed by atoms with Gasteiger partial charge in [0.1, 0.15) is 0 Å². The molecule has 0 aromatic rings. The molecule has 3 heterocycles. The molecule has 6 nitrogen and oxygen atoms in total. The van der Waals surface area contributed by atoms with Gasteiger partial charge in [0.2, 0.25) is 0 Å². The van der Waals surface area contributed by atoms with Gasteiger partial charge in [-0.25, -0.2) is 8.42 Å². The first-order chi connectivity index (χ1) is 11.9. The van der Waals surface area contributed by atoms with Crippen molar-refractivity contribution in [2.75, 3.05) is 50.1 Å². The van der Waals surface area contributed by atoms with Gasteiger partial charge in [0, 0.05) is 49.4 Å². The summed E-state index contributed by atoms with van der Waals surface area (Å²) in [6.07, 6.45) is 2.95. The molecule has 0 amide bonds. The minimum atomic E-state index is -2.83. The fraction of sp³-hybridized carbons (Fsp3) is 0.941. The largest absolute Gasteiger partial charge is 0.381 e. The molecule has 0 aliphatic carbocycles. The van der Waals surface area contributed by atoms with Crippen LogP contribution in [0.4, 0.5) is 0 Å². The van der Waals surface area contributed by atoms with Crippen LogP contribution in [0.3, 0.4) is 0 Å². The lowest BCUT2D eigenvalue weighted by Crippen LogP contribution is -2.55. The summed E-state index contributed by atoms with van der Waals surface area (Å²) in [7, 11) is -2.83. The van der Waals surface area contributed by atoms with E-state index in [1.54, 1.807) is 0 Å². The number of hydrogen-bond acceptors (Lipinski definition) is 5. The van der Waals surface area contributed by atoms with E-state index in [4.69, 9.17) is 9.73 Å². The lowest BCUT2D eigenvalue weighted by Gasteiger charge is -2.45. The molecule has 3 fully saturated rings. The van der Waals surface area contributed by atoms with Crippen molar-refractivity contribution in [1.29, 1.82) is 0 Å². The predicted molar refractivity (Wildman–Crippen MR) is 120 cm³/mol. The fourth-order valence-electron chi connectivity index (χ4n) is 3.80. The highest BCUT2D eigenvalue weighted by Gasteiger charge is 2.39. The number of guanidine groups is 1. The molecule has 1 atom stereocenters. The van der Waals surface area contributed by atoms with E-state index in [-0.39, 0.29) is 34.6 Å². The van der Waals surface area contributed by atoms with E-state index in [2.05, 4.69) is 35.8 Å². The molecule has 3 rings (SSSR count). The third-order valence-corrected chi connectivity index (χ3v) is 8.57. The Morgan fingerprint density at radius 3 is 2.73 bits per heavy atom. The summed E-state index contributed by atoms with van der Waals surface area (Å²) >= 11 is 2.09. The Kier molecular flexibility index (Phi) is 8.36. The molecule has 0 aromatic carbocycles. The van der Waals surface area contributed by atoms with Gasteiger partial charge in [-0.2, -0.15) is 11.8 Å². The summed E-state index contributed by atoms with van der Waals surface area (Å²) in [4.78, 5) is 7.22. The maximum atomic E-state index is 11.7. The summed E-state index contributed by atoms with van der Waals surface area (Å²) < 4.78 is 29.2. The standard InChI is InChI=1S/C17H31N3O3S2.HI/c1-14(2)19-16(18-11-15-3-10-25(21,22)12-15)20-6-9-24-17(13-20)4-7-23-8-5-17;/h14-15H,3-13H2,1-2H3,(H,18,19);1H. The van der Waals surface area contributed by atoms with Gasteiger partial charge in [-0.15, -0.1) is 24.0 Å². The van der Waals surface area contributed by atoms with Crippen LogP contribution in [0.5, 0.6) is 0 Å². The van der Waals surface area contributed by atoms with Crippen LogP contribution in [0.25, 0.3) is 0 Å². The molecular weight excluding hydrogens is 485 g/mol. The van der Waals surface area contributed by atoms with Crippen molar-refractivity contribution in [2.24, 2.45) is 10.9 Å². The van der Waals surface area contributed by atoms with Crippen LogP contribution >= 0.6 is 35.7 Å². The Bertz CT molecular complexity index is 587. The summed E-state index contributed by atoms with van der Waals surface area (Å²) in [6.45, 7) is 8.55. The first-order valence-corrected chi connectivity index (χ1v) is 12.2. The Morgan fingerprint density at radius 1 is 1.38 bits per heavy atom. The minimum absolute atomic E-state index is 0. The van der Waals surface area contributed by atoms with E-state index < -0.39 is 9.84 Å². The van der Waals surface area contributed by atoms with E-state index in [1.807, 2.05) is 0 Å². The lowest BCUT2D eigenvalue weighted by atomic mass is 9.98. The van der Waals surface area contributed by atoms with Crippen molar-refractivity contribution in [3.63, 3.8) is 0 Å². The summed E-state index contributed by atoms with van der Waals surface area (Å²) in [5.41, 5.74) is 0. The highest BCUT2D eigenvalue weighted by Crippen LogP contribution is 2.39. The average molecular weight is 517 g/mol. The van der Waals surface area contributed by atoms with E-state index in [9.17, 15) is 8.42 Å². The van der Waals surface area contributed by atoms with E-state index in [1.165, 1.54) is 0 Å². The first kappa shape index (κ1) is 22.5. The Labute approximate surface area is 179 Å². The number of hydrogen-bond donors (Lipinski definition) is 1. The van der Waals surface area contributed by atoms with Crippen LogP contribution in [0.15, 0.2) is 4.99 Å². The Hall–Kier alpha value is 0.260. The third kappa shape index (κ3) is 6.13. The van der Waals surface area contributed by atoms with Gasteiger partial charge < -0.3 is 15.0 Å². The van der Waals surface area contributed by atoms with Crippen molar-refractivity contribution in [3.05, 3.63) is 0 Å². The molecule has 0 aromatic heterocycles. The van der Waals surface area contributed by atoms with Crippen LogP contribution < -0.4 is 5.32 Å². The topological polar surface area (TPSA) is 71.0 Å². The van der Waals surface area contributed by atoms with Gasteiger partial charge in [0.05, 0.1) is 11.5 Å². The van der Waals surface area contributed by atoms with E-state index >= 15 is 0 Å². The highest BCUT2D eigenvalue weighted by molar-refractivity contribution is 14.0. The lowest BCUT2D eigenvalue weighted by molar-refractivity contribution is 0.0699. The molecule has 3 saturated heterocycles. The van der Waals surface area contributed by atoms with Crippen LogP contribution in [-0.4, -0.2) is 80.2 Å². The average Bonchev–Trinajstić information content (AvgIpc) is 2.91. The van der Waals surface area contributed by atoms with Crippen molar-refractivity contribution in [1.82, 2.24) is 10.2 Å². The number of nitrogens with zero attached hydrogens (tertiary/aromatic N) is 2. The second kappa shape index (κ2) is 9.65. The monoisotopic (exact) mass is 517 g/mol. The SMILES string of the molecule is CC(C)NC(=NCC1CCS(=O)(=O)C1)N1CCSC2(CCOCC2)C1.I. The maximum Gasteiger partial charge on any atom is 0.194 e. The van der Waals surface area contributed by atoms with Crippen molar-refractivity contribution < 1.29 is 13.2 Å². The summed E-state index contributed by atoms with van der Waals surface area (Å²) in [6, 6.07) is 0.311. The van der Waals surface area contributed by atoms with Gasteiger partial charge in [-0.1, -0.05) is 0 Å². The normalized spacial score (nSPS) is 28.2. The minimum Gasteiger partial charge on any atom is -0.381 e. The smallest absolute Gasteiger partial charge is 0.194 e. The number of aliphatic imine (C=N–C) groups is 1. The van der Waals surface area contributed by atoms with E-state index in [0.717, 1.165) is 57.3 Å². The van der Waals surface area contributed by atoms with E-state index in [0.29, 0.717) is 24.1 Å². The maximum absolute atomic E-state index is 11.7. The van der Waals surface area contributed by atoms with Crippen LogP contribution in [-0.2, 0) is 14.6 Å². The van der Waals surface area contributed by atoms with Gasteiger partial charge in [0.25, 0.3) is 0 Å².